The van der Waals surface area contributed by atoms with Gasteiger partial charge in [0, 0.05) is 34.6 Å². The number of amides is 1. The lowest BCUT2D eigenvalue weighted by Crippen LogP contribution is -2.29. The summed E-state index contributed by atoms with van der Waals surface area (Å²) in [5.74, 6) is -0.895. The molecule has 1 aromatic rings. The zero-order valence-electron chi connectivity index (χ0n) is 12.0. The third kappa shape index (κ3) is 4.64. The van der Waals surface area contributed by atoms with Gasteiger partial charge < -0.3 is 10.0 Å². The average Bonchev–Trinajstić information content (AvgIpc) is 2.98. The SMILES string of the molecule is O=C(O)[C@@H]1CCN(C(=O)CCC[S@](=O)c2ccc(Br)cc2)C1. The number of aliphatic carboxylic acids is 1. The number of benzene rings is 1. The van der Waals surface area contributed by atoms with Crippen molar-refractivity contribution in [2.24, 2.45) is 5.92 Å². The van der Waals surface area contributed by atoms with E-state index >= 15 is 0 Å². The molecule has 5 nitrogen and oxygen atoms in total. The lowest BCUT2D eigenvalue weighted by atomic mass is 10.1. The van der Waals surface area contributed by atoms with Crippen LogP contribution in [-0.2, 0) is 20.4 Å². The summed E-state index contributed by atoms with van der Waals surface area (Å²) < 4.78 is 13.0. The second-order valence-corrected chi connectivity index (χ2v) is 7.76. The molecule has 0 unspecified atom stereocenters. The topological polar surface area (TPSA) is 74.7 Å². The van der Waals surface area contributed by atoms with Crippen LogP contribution >= 0.6 is 15.9 Å². The lowest BCUT2D eigenvalue weighted by molar-refractivity contribution is -0.141. The van der Waals surface area contributed by atoms with Gasteiger partial charge in [-0.15, -0.1) is 0 Å². The number of nitrogens with zero attached hydrogens (tertiary/aromatic N) is 1. The number of rotatable bonds is 6. The molecule has 1 fully saturated rings. The van der Waals surface area contributed by atoms with Gasteiger partial charge in [0.25, 0.3) is 0 Å². The van der Waals surface area contributed by atoms with Gasteiger partial charge in [-0.1, -0.05) is 15.9 Å². The fourth-order valence-corrected chi connectivity index (χ4v) is 3.75. The van der Waals surface area contributed by atoms with Crippen LogP contribution in [-0.4, -0.2) is 44.9 Å². The smallest absolute Gasteiger partial charge is 0.308 e. The largest absolute Gasteiger partial charge is 0.481 e. The number of hydrogen-bond acceptors (Lipinski definition) is 3. The number of carboxylic acids is 1. The molecule has 1 N–H and O–H groups in total. The van der Waals surface area contributed by atoms with Crippen molar-refractivity contribution in [3.05, 3.63) is 28.7 Å². The zero-order valence-corrected chi connectivity index (χ0v) is 14.4. The van der Waals surface area contributed by atoms with Crippen LogP contribution in [0.4, 0.5) is 0 Å². The first-order valence-electron chi connectivity index (χ1n) is 7.12. The third-order valence-electron chi connectivity index (χ3n) is 3.69. The van der Waals surface area contributed by atoms with E-state index in [1.807, 2.05) is 12.1 Å². The molecular weight excluding hydrogens is 370 g/mol. The second kappa shape index (κ2) is 7.87. The number of carbonyl (C=O) groups is 2. The van der Waals surface area contributed by atoms with Crippen LogP contribution in [0.25, 0.3) is 0 Å². The number of halogens is 1. The van der Waals surface area contributed by atoms with Gasteiger partial charge in [-0.25, -0.2) is 0 Å². The molecule has 1 aliphatic heterocycles. The molecule has 0 radical (unpaired) electrons. The van der Waals surface area contributed by atoms with Crippen molar-refractivity contribution in [2.75, 3.05) is 18.8 Å². The average molecular weight is 388 g/mol. The maximum absolute atomic E-state index is 12.1. The van der Waals surface area contributed by atoms with E-state index in [9.17, 15) is 13.8 Å². The van der Waals surface area contributed by atoms with Crippen LogP contribution in [0.1, 0.15) is 19.3 Å². The summed E-state index contributed by atoms with van der Waals surface area (Å²) in [6.45, 7) is 0.801. The molecule has 0 spiro atoms. The Morgan fingerprint density at radius 1 is 1.32 bits per heavy atom. The zero-order chi connectivity index (χ0) is 16.1. The van der Waals surface area contributed by atoms with Crippen molar-refractivity contribution in [3.8, 4) is 0 Å². The molecule has 0 aromatic heterocycles. The van der Waals surface area contributed by atoms with E-state index in [4.69, 9.17) is 5.11 Å². The molecule has 0 aliphatic carbocycles. The second-order valence-electron chi connectivity index (χ2n) is 5.27. The first-order chi connectivity index (χ1) is 10.5. The predicted octanol–water partition coefficient (Wildman–Crippen LogP) is 2.27. The molecule has 1 amide bonds. The van der Waals surface area contributed by atoms with Gasteiger partial charge in [-0.05, 0) is 37.1 Å². The molecule has 1 aliphatic rings. The monoisotopic (exact) mass is 387 g/mol. The Labute approximate surface area is 140 Å². The van der Waals surface area contributed by atoms with Crippen LogP contribution in [0.2, 0.25) is 0 Å². The molecule has 7 heteroatoms. The van der Waals surface area contributed by atoms with Gasteiger partial charge in [-0.2, -0.15) is 0 Å². The highest BCUT2D eigenvalue weighted by Gasteiger charge is 2.30. The van der Waals surface area contributed by atoms with Crippen molar-refractivity contribution in [1.82, 2.24) is 4.90 Å². The first kappa shape index (κ1) is 17.1. The minimum Gasteiger partial charge on any atom is -0.481 e. The molecule has 2 rings (SSSR count). The van der Waals surface area contributed by atoms with E-state index in [2.05, 4.69) is 15.9 Å². The van der Waals surface area contributed by atoms with Gasteiger partial charge >= 0.3 is 5.97 Å². The Bertz CT molecular complexity index is 575. The summed E-state index contributed by atoms with van der Waals surface area (Å²) in [6, 6.07) is 7.29. The normalized spacial score (nSPS) is 19.1. The summed E-state index contributed by atoms with van der Waals surface area (Å²) >= 11 is 3.33. The number of hydrogen-bond donors (Lipinski definition) is 1. The molecule has 0 bridgehead atoms. The molecule has 1 heterocycles. The van der Waals surface area contributed by atoms with E-state index in [-0.39, 0.29) is 5.91 Å². The van der Waals surface area contributed by atoms with Crippen LogP contribution < -0.4 is 0 Å². The van der Waals surface area contributed by atoms with E-state index in [1.54, 1.807) is 17.0 Å². The van der Waals surface area contributed by atoms with E-state index in [0.29, 0.717) is 38.1 Å². The van der Waals surface area contributed by atoms with Crippen molar-refractivity contribution in [3.63, 3.8) is 0 Å². The maximum atomic E-state index is 12.1. The highest BCUT2D eigenvalue weighted by atomic mass is 79.9. The molecule has 2 atom stereocenters. The molecule has 22 heavy (non-hydrogen) atoms. The molecule has 120 valence electrons. The Morgan fingerprint density at radius 2 is 2.00 bits per heavy atom. The summed E-state index contributed by atoms with van der Waals surface area (Å²) in [7, 11) is -1.11. The van der Waals surface area contributed by atoms with Crippen LogP contribution in [0.5, 0.6) is 0 Å². The highest BCUT2D eigenvalue weighted by Crippen LogP contribution is 2.18. The Hall–Kier alpha value is -1.21. The molecular formula is C15H18BrNO4S. The van der Waals surface area contributed by atoms with Gasteiger partial charge in [0.05, 0.1) is 16.7 Å². The van der Waals surface area contributed by atoms with Gasteiger partial charge in [0.2, 0.25) is 5.91 Å². The van der Waals surface area contributed by atoms with Crippen molar-refractivity contribution in [2.45, 2.75) is 24.2 Å². The van der Waals surface area contributed by atoms with Gasteiger partial charge in [0.15, 0.2) is 0 Å². The molecule has 1 saturated heterocycles. The molecule has 1 aromatic carbocycles. The van der Waals surface area contributed by atoms with E-state index in [0.717, 1.165) is 9.37 Å². The standard InChI is InChI=1S/C15H18BrNO4S/c16-12-3-5-13(6-4-12)22(21)9-1-2-14(18)17-8-7-11(10-17)15(19)20/h3-6,11H,1-2,7-10H2,(H,19,20)/t11-,22+/m1/s1. The first-order valence-corrected chi connectivity index (χ1v) is 9.23. The summed E-state index contributed by atoms with van der Waals surface area (Å²) in [4.78, 5) is 25.2. The lowest BCUT2D eigenvalue weighted by Gasteiger charge is -2.15. The fraction of sp³-hybridized carbons (Fsp3) is 0.467. The number of likely N-dealkylation sites (tertiary alicyclic amines) is 1. The predicted molar refractivity (Wildman–Crippen MR) is 87.0 cm³/mol. The van der Waals surface area contributed by atoms with Gasteiger partial charge in [0.1, 0.15) is 0 Å². The summed E-state index contributed by atoms with van der Waals surface area (Å²) in [6.07, 6.45) is 1.37. The van der Waals surface area contributed by atoms with E-state index in [1.165, 1.54) is 0 Å². The minimum atomic E-state index is -1.11. The fourth-order valence-electron chi connectivity index (χ4n) is 2.41. The maximum Gasteiger partial charge on any atom is 0.308 e. The number of carbonyl (C=O) groups excluding carboxylic acids is 1. The quantitative estimate of drug-likeness (QED) is 0.812. The van der Waals surface area contributed by atoms with Crippen LogP contribution in [0.15, 0.2) is 33.6 Å². The summed E-state index contributed by atoms with van der Waals surface area (Å²) in [5, 5.41) is 8.93. The van der Waals surface area contributed by atoms with Crippen LogP contribution in [0.3, 0.4) is 0 Å². The van der Waals surface area contributed by atoms with Crippen molar-refractivity contribution >= 4 is 38.6 Å². The Balaban J connectivity index is 1.74. The highest BCUT2D eigenvalue weighted by molar-refractivity contribution is 9.10. The Morgan fingerprint density at radius 3 is 2.59 bits per heavy atom. The minimum absolute atomic E-state index is 0.0449. The van der Waals surface area contributed by atoms with Gasteiger partial charge in [-0.3, -0.25) is 13.8 Å². The number of carboxylic acid groups (broad SMARTS) is 1. The third-order valence-corrected chi connectivity index (χ3v) is 5.67. The van der Waals surface area contributed by atoms with Crippen LogP contribution in [0, 0.1) is 5.92 Å². The van der Waals surface area contributed by atoms with E-state index < -0.39 is 22.7 Å². The summed E-state index contributed by atoms with van der Waals surface area (Å²) in [5.41, 5.74) is 0. The molecule has 0 saturated carbocycles. The Kier molecular flexibility index (Phi) is 6.14. The van der Waals surface area contributed by atoms with Crippen molar-refractivity contribution < 1.29 is 18.9 Å². The van der Waals surface area contributed by atoms with Crippen molar-refractivity contribution in [1.29, 1.82) is 0 Å².